The van der Waals surface area contributed by atoms with Gasteiger partial charge >= 0.3 is 0 Å². The van der Waals surface area contributed by atoms with Crippen molar-refractivity contribution in [3.05, 3.63) is 69.1 Å². The molecule has 0 saturated carbocycles. The molecule has 2 rings (SSSR count). The van der Waals surface area contributed by atoms with Crippen LogP contribution in [0.4, 0.5) is 0 Å². The van der Waals surface area contributed by atoms with Gasteiger partial charge in [0.1, 0.15) is 5.56 Å². The topological polar surface area (TPSA) is 53.2 Å². The van der Waals surface area contributed by atoms with Crippen LogP contribution in [0, 0.1) is 13.8 Å². The highest BCUT2D eigenvalue weighted by atomic mass is 16.2. The van der Waals surface area contributed by atoms with Crippen LogP contribution >= 0.6 is 0 Å². The van der Waals surface area contributed by atoms with E-state index in [1.807, 2.05) is 38.1 Å². The first-order chi connectivity index (χ1) is 9.90. The second kappa shape index (κ2) is 5.95. The normalized spacial score (nSPS) is 12.0. The summed E-state index contributed by atoms with van der Waals surface area (Å²) in [5.74, 6) is -0.274. The van der Waals surface area contributed by atoms with E-state index in [9.17, 15) is 9.59 Å². The molecule has 0 bridgehead atoms. The summed E-state index contributed by atoms with van der Waals surface area (Å²) in [4.78, 5) is 28.9. The molecule has 4 nitrogen and oxygen atoms in total. The number of aromatic amines is 1. The second-order valence-electron chi connectivity index (χ2n) is 5.40. The van der Waals surface area contributed by atoms with Gasteiger partial charge in [-0.3, -0.25) is 9.59 Å². The third kappa shape index (κ3) is 3.21. The fraction of sp³-hybridized carbons (Fsp3) is 0.294. The number of pyridine rings is 1. The lowest BCUT2D eigenvalue weighted by molar-refractivity contribution is 0.0741. The van der Waals surface area contributed by atoms with Crippen LogP contribution in [0.5, 0.6) is 0 Å². The van der Waals surface area contributed by atoms with Crippen molar-refractivity contribution < 1.29 is 4.79 Å². The minimum absolute atomic E-state index is 0.0983. The molecule has 21 heavy (non-hydrogen) atoms. The van der Waals surface area contributed by atoms with E-state index in [1.165, 1.54) is 17.8 Å². The molecule has 0 radical (unpaired) electrons. The number of carbonyl (C=O) groups is 1. The Morgan fingerprint density at radius 3 is 2.38 bits per heavy atom. The van der Waals surface area contributed by atoms with E-state index in [-0.39, 0.29) is 22.9 Å². The second-order valence-corrected chi connectivity index (χ2v) is 5.40. The van der Waals surface area contributed by atoms with Gasteiger partial charge in [-0.1, -0.05) is 29.8 Å². The molecule has 1 aromatic carbocycles. The molecule has 1 N–H and O–H groups in total. The average Bonchev–Trinajstić information content (AvgIpc) is 2.46. The van der Waals surface area contributed by atoms with E-state index in [4.69, 9.17) is 0 Å². The molecule has 0 aliphatic carbocycles. The van der Waals surface area contributed by atoms with Gasteiger partial charge in [-0.05, 0) is 26.3 Å². The maximum Gasteiger partial charge on any atom is 0.259 e. The number of hydrogen-bond acceptors (Lipinski definition) is 2. The fourth-order valence-corrected chi connectivity index (χ4v) is 2.17. The first-order valence-corrected chi connectivity index (χ1v) is 6.93. The van der Waals surface area contributed by atoms with Crippen molar-refractivity contribution in [2.45, 2.75) is 26.8 Å². The Balaban J connectivity index is 2.26. The third-order valence-corrected chi connectivity index (χ3v) is 3.75. The minimum Gasteiger partial charge on any atom is -0.364 e. The van der Waals surface area contributed by atoms with E-state index >= 15 is 0 Å². The van der Waals surface area contributed by atoms with Gasteiger partial charge in [-0.15, -0.1) is 0 Å². The van der Waals surface area contributed by atoms with Crippen LogP contribution in [0.15, 0.2) is 41.3 Å². The number of benzene rings is 1. The molecule has 4 heteroatoms. The number of rotatable bonds is 3. The molecule has 0 aliphatic rings. The van der Waals surface area contributed by atoms with E-state index in [0.717, 1.165) is 11.3 Å². The van der Waals surface area contributed by atoms with Crippen molar-refractivity contribution in [3.8, 4) is 0 Å². The van der Waals surface area contributed by atoms with Crippen molar-refractivity contribution >= 4 is 5.91 Å². The number of nitrogens with zero attached hydrogens (tertiary/aromatic N) is 1. The Morgan fingerprint density at radius 2 is 1.81 bits per heavy atom. The molecule has 0 aliphatic heterocycles. The highest BCUT2D eigenvalue weighted by molar-refractivity contribution is 5.93. The Bertz CT molecular complexity index is 701. The molecule has 0 fully saturated rings. The molecule has 2 aromatic rings. The van der Waals surface area contributed by atoms with E-state index in [0.29, 0.717) is 0 Å². The quantitative estimate of drug-likeness (QED) is 0.942. The Labute approximate surface area is 124 Å². The lowest BCUT2D eigenvalue weighted by Crippen LogP contribution is -2.33. The predicted molar refractivity (Wildman–Crippen MR) is 83.5 cm³/mol. The number of H-pyrrole nitrogens is 1. The smallest absolute Gasteiger partial charge is 0.259 e. The molecule has 1 aromatic heterocycles. The monoisotopic (exact) mass is 284 g/mol. The lowest BCUT2D eigenvalue weighted by Gasteiger charge is -2.25. The number of carbonyl (C=O) groups excluding carboxylic acids is 1. The summed E-state index contributed by atoms with van der Waals surface area (Å²) in [5, 5.41) is 0. The van der Waals surface area contributed by atoms with Gasteiger partial charge in [0.25, 0.3) is 5.91 Å². The zero-order valence-electron chi connectivity index (χ0n) is 12.8. The molecule has 1 amide bonds. The number of nitrogens with one attached hydrogen (secondary N) is 1. The lowest BCUT2D eigenvalue weighted by atomic mass is 10.0. The molecule has 1 unspecified atom stereocenters. The molecular formula is C17H20N2O2. The molecule has 0 saturated heterocycles. The zero-order valence-corrected chi connectivity index (χ0v) is 12.8. The van der Waals surface area contributed by atoms with Crippen molar-refractivity contribution in [2.75, 3.05) is 7.05 Å². The first kappa shape index (κ1) is 15.0. The summed E-state index contributed by atoms with van der Waals surface area (Å²) in [6.45, 7) is 5.76. The van der Waals surface area contributed by atoms with Crippen molar-refractivity contribution in [1.82, 2.24) is 9.88 Å². The Morgan fingerprint density at radius 1 is 1.19 bits per heavy atom. The highest BCUT2D eigenvalue weighted by Crippen LogP contribution is 2.20. The van der Waals surface area contributed by atoms with E-state index < -0.39 is 0 Å². The van der Waals surface area contributed by atoms with Gasteiger partial charge in [-0.25, -0.2) is 0 Å². The zero-order chi connectivity index (χ0) is 15.6. The maximum absolute atomic E-state index is 12.5. The van der Waals surface area contributed by atoms with Crippen LogP contribution in [0.2, 0.25) is 0 Å². The number of aryl methyl sites for hydroxylation is 2. The van der Waals surface area contributed by atoms with E-state index in [2.05, 4.69) is 4.98 Å². The van der Waals surface area contributed by atoms with Gasteiger partial charge in [0.15, 0.2) is 5.43 Å². The molecule has 110 valence electrons. The minimum atomic E-state index is -0.274. The predicted octanol–water partition coefficient (Wildman–Crippen LogP) is 2.82. The molecule has 0 spiro atoms. The van der Waals surface area contributed by atoms with Gasteiger partial charge in [-0.2, -0.15) is 0 Å². The van der Waals surface area contributed by atoms with Crippen molar-refractivity contribution in [2.24, 2.45) is 0 Å². The van der Waals surface area contributed by atoms with Crippen LogP contribution in [-0.4, -0.2) is 22.8 Å². The van der Waals surface area contributed by atoms with Crippen LogP contribution in [-0.2, 0) is 0 Å². The van der Waals surface area contributed by atoms with Crippen LogP contribution in [0.25, 0.3) is 0 Å². The number of amides is 1. The Kier molecular flexibility index (Phi) is 4.26. The number of aromatic nitrogens is 1. The summed E-state index contributed by atoms with van der Waals surface area (Å²) >= 11 is 0. The molecule has 1 heterocycles. The SMILES string of the molecule is Cc1ccc(C(C)N(C)C(=O)c2c[nH]c(C)cc2=O)cc1. The first-order valence-electron chi connectivity index (χ1n) is 6.93. The molecular weight excluding hydrogens is 264 g/mol. The van der Waals surface area contributed by atoms with Gasteiger partial charge in [0.2, 0.25) is 0 Å². The van der Waals surface area contributed by atoms with Crippen LogP contribution in [0.1, 0.15) is 40.1 Å². The standard InChI is InChI=1S/C17H20N2O2/c1-11-5-7-14(8-6-11)13(3)19(4)17(21)15-10-18-12(2)9-16(15)20/h5-10,13H,1-4H3,(H,18,20). The Hall–Kier alpha value is -2.36. The third-order valence-electron chi connectivity index (χ3n) is 3.75. The van der Waals surface area contributed by atoms with Crippen molar-refractivity contribution in [1.29, 1.82) is 0 Å². The van der Waals surface area contributed by atoms with Crippen LogP contribution in [0.3, 0.4) is 0 Å². The number of hydrogen-bond donors (Lipinski definition) is 1. The van der Waals surface area contributed by atoms with Crippen LogP contribution < -0.4 is 5.43 Å². The van der Waals surface area contributed by atoms with Gasteiger partial charge in [0, 0.05) is 25.0 Å². The average molecular weight is 284 g/mol. The summed E-state index contributed by atoms with van der Waals surface area (Å²) in [7, 11) is 1.71. The van der Waals surface area contributed by atoms with Gasteiger partial charge < -0.3 is 9.88 Å². The maximum atomic E-state index is 12.5. The summed E-state index contributed by atoms with van der Waals surface area (Å²) in [6.07, 6.45) is 1.48. The van der Waals surface area contributed by atoms with Crippen molar-refractivity contribution in [3.63, 3.8) is 0 Å². The van der Waals surface area contributed by atoms with Gasteiger partial charge in [0.05, 0.1) is 6.04 Å². The summed E-state index contributed by atoms with van der Waals surface area (Å²) in [6, 6.07) is 9.38. The summed E-state index contributed by atoms with van der Waals surface area (Å²) < 4.78 is 0. The fourth-order valence-electron chi connectivity index (χ4n) is 2.17. The largest absolute Gasteiger partial charge is 0.364 e. The highest BCUT2D eigenvalue weighted by Gasteiger charge is 2.21. The summed E-state index contributed by atoms with van der Waals surface area (Å²) in [5.41, 5.74) is 2.88. The van der Waals surface area contributed by atoms with E-state index in [1.54, 1.807) is 18.9 Å². The molecule has 1 atom stereocenters.